The highest BCUT2D eigenvalue weighted by molar-refractivity contribution is 8.23. The standard InChI is InChI=1S/C10H12S3/c1-8(9-4-2-5-11-9)10-12-6-3-7-13-10/h2,4-5H,3,6-7H2,1H3. The Bertz CT molecular complexity index is 290. The molecule has 13 heavy (non-hydrogen) atoms. The SMILES string of the molecule is CC(=C1SCCCS1)c1cccs1. The van der Waals surface area contributed by atoms with Gasteiger partial charge in [0, 0.05) is 9.11 Å². The van der Waals surface area contributed by atoms with E-state index in [4.69, 9.17) is 0 Å². The fourth-order valence-electron chi connectivity index (χ4n) is 1.24. The molecule has 1 saturated heterocycles. The number of thiophene rings is 1. The predicted octanol–water partition coefficient (Wildman–Crippen LogP) is 4.31. The highest BCUT2D eigenvalue weighted by Gasteiger charge is 2.11. The lowest BCUT2D eigenvalue weighted by Crippen LogP contribution is -1.93. The second-order valence-corrected chi connectivity index (χ2v) is 6.36. The van der Waals surface area contributed by atoms with Gasteiger partial charge in [0.15, 0.2) is 0 Å². The van der Waals surface area contributed by atoms with E-state index in [1.54, 1.807) is 0 Å². The van der Waals surface area contributed by atoms with Crippen LogP contribution in [-0.4, -0.2) is 11.5 Å². The first-order valence-corrected chi connectivity index (χ1v) is 7.23. The Morgan fingerprint density at radius 2 is 2.08 bits per heavy atom. The van der Waals surface area contributed by atoms with Crippen molar-refractivity contribution >= 4 is 40.4 Å². The maximum absolute atomic E-state index is 2.24. The van der Waals surface area contributed by atoms with Gasteiger partial charge in [-0.2, -0.15) is 0 Å². The summed E-state index contributed by atoms with van der Waals surface area (Å²) in [6, 6.07) is 4.34. The molecule has 0 N–H and O–H groups in total. The van der Waals surface area contributed by atoms with Crippen molar-refractivity contribution in [2.45, 2.75) is 13.3 Å². The molecule has 0 nitrogen and oxygen atoms in total. The molecule has 0 atom stereocenters. The largest absolute Gasteiger partial charge is 0.144 e. The average molecular weight is 228 g/mol. The molecule has 0 unspecified atom stereocenters. The summed E-state index contributed by atoms with van der Waals surface area (Å²) in [4.78, 5) is 1.43. The number of rotatable bonds is 1. The van der Waals surface area contributed by atoms with Crippen LogP contribution in [0.3, 0.4) is 0 Å². The van der Waals surface area contributed by atoms with Crippen LogP contribution in [0.4, 0.5) is 0 Å². The van der Waals surface area contributed by atoms with Crippen LogP contribution in [0.1, 0.15) is 18.2 Å². The Balaban J connectivity index is 2.22. The molecule has 3 heteroatoms. The van der Waals surface area contributed by atoms with E-state index in [2.05, 4.69) is 24.4 Å². The molecule has 0 amide bonds. The third-order valence-electron chi connectivity index (χ3n) is 1.95. The summed E-state index contributed by atoms with van der Waals surface area (Å²) in [5.74, 6) is 2.59. The second-order valence-electron chi connectivity index (χ2n) is 2.94. The number of allylic oxidation sites excluding steroid dienone is 1. The molecular weight excluding hydrogens is 216 g/mol. The van der Waals surface area contributed by atoms with Crippen molar-refractivity contribution in [3.8, 4) is 0 Å². The molecule has 1 aromatic rings. The molecule has 0 saturated carbocycles. The van der Waals surface area contributed by atoms with Crippen molar-refractivity contribution in [3.63, 3.8) is 0 Å². The third-order valence-corrected chi connectivity index (χ3v) is 5.77. The van der Waals surface area contributed by atoms with Crippen LogP contribution in [0.5, 0.6) is 0 Å². The van der Waals surface area contributed by atoms with Crippen molar-refractivity contribution in [1.29, 1.82) is 0 Å². The van der Waals surface area contributed by atoms with Crippen LogP contribution >= 0.6 is 34.9 Å². The number of hydrogen-bond donors (Lipinski definition) is 0. The summed E-state index contributed by atoms with van der Waals surface area (Å²) >= 11 is 5.88. The molecule has 2 heterocycles. The van der Waals surface area contributed by atoms with Crippen LogP contribution in [-0.2, 0) is 0 Å². The highest BCUT2D eigenvalue weighted by Crippen LogP contribution is 2.40. The van der Waals surface area contributed by atoms with Crippen molar-refractivity contribution in [1.82, 2.24) is 0 Å². The first-order chi connectivity index (χ1) is 6.38. The zero-order valence-electron chi connectivity index (χ0n) is 7.58. The molecule has 0 radical (unpaired) electrons. The quantitative estimate of drug-likeness (QED) is 0.702. The van der Waals surface area contributed by atoms with Crippen LogP contribution in [0.15, 0.2) is 21.7 Å². The molecule has 1 fully saturated rings. The van der Waals surface area contributed by atoms with E-state index >= 15 is 0 Å². The average Bonchev–Trinajstić information content (AvgIpc) is 2.71. The van der Waals surface area contributed by atoms with Gasteiger partial charge in [-0.25, -0.2) is 0 Å². The van der Waals surface area contributed by atoms with Gasteiger partial charge in [0.25, 0.3) is 0 Å². The van der Waals surface area contributed by atoms with E-state index in [-0.39, 0.29) is 0 Å². The fraction of sp³-hybridized carbons (Fsp3) is 0.400. The highest BCUT2D eigenvalue weighted by atomic mass is 32.2. The molecule has 0 aliphatic carbocycles. The molecule has 0 spiro atoms. The minimum atomic E-state index is 1.30. The van der Waals surface area contributed by atoms with Crippen molar-refractivity contribution in [2.24, 2.45) is 0 Å². The van der Waals surface area contributed by atoms with E-state index in [0.29, 0.717) is 0 Å². The van der Waals surface area contributed by atoms with Crippen molar-refractivity contribution in [3.05, 3.63) is 26.6 Å². The molecule has 1 aliphatic rings. The monoisotopic (exact) mass is 228 g/mol. The Morgan fingerprint density at radius 1 is 1.31 bits per heavy atom. The topological polar surface area (TPSA) is 0 Å². The lowest BCUT2D eigenvalue weighted by atomic mass is 10.3. The van der Waals surface area contributed by atoms with Crippen LogP contribution in [0, 0.1) is 0 Å². The lowest BCUT2D eigenvalue weighted by Gasteiger charge is -2.15. The van der Waals surface area contributed by atoms with Gasteiger partial charge in [0.2, 0.25) is 0 Å². The Hall–Kier alpha value is 0.140. The maximum Gasteiger partial charge on any atom is 0.0444 e. The van der Waals surface area contributed by atoms with Crippen molar-refractivity contribution in [2.75, 3.05) is 11.5 Å². The molecule has 0 bridgehead atoms. The van der Waals surface area contributed by atoms with E-state index in [9.17, 15) is 0 Å². The molecule has 0 aromatic carbocycles. The van der Waals surface area contributed by atoms with Gasteiger partial charge in [0.05, 0.1) is 0 Å². The first-order valence-electron chi connectivity index (χ1n) is 4.38. The third kappa shape index (κ3) is 2.33. The normalized spacial score (nSPS) is 17.5. The first kappa shape index (κ1) is 9.69. The number of hydrogen-bond acceptors (Lipinski definition) is 3. The van der Waals surface area contributed by atoms with Crippen molar-refractivity contribution < 1.29 is 0 Å². The van der Waals surface area contributed by atoms with Crippen LogP contribution in [0.25, 0.3) is 5.57 Å². The van der Waals surface area contributed by atoms with Crippen LogP contribution < -0.4 is 0 Å². The predicted molar refractivity (Wildman–Crippen MR) is 66.4 cm³/mol. The van der Waals surface area contributed by atoms with Gasteiger partial charge in [-0.3, -0.25) is 0 Å². The zero-order chi connectivity index (χ0) is 9.10. The van der Waals surface area contributed by atoms with Gasteiger partial charge in [0.1, 0.15) is 0 Å². The van der Waals surface area contributed by atoms with E-state index in [0.717, 1.165) is 0 Å². The van der Waals surface area contributed by atoms with Gasteiger partial charge >= 0.3 is 0 Å². The zero-order valence-corrected chi connectivity index (χ0v) is 10.0. The molecule has 2 rings (SSSR count). The second kappa shape index (κ2) is 4.58. The van der Waals surface area contributed by atoms with Crippen LogP contribution in [0.2, 0.25) is 0 Å². The Kier molecular flexibility index (Phi) is 3.41. The summed E-state index contributed by atoms with van der Waals surface area (Å²) in [6.45, 7) is 2.24. The van der Waals surface area contributed by atoms with Gasteiger partial charge in [-0.05, 0) is 41.9 Å². The smallest absolute Gasteiger partial charge is 0.0444 e. The number of thioether (sulfide) groups is 2. The summed E-state index contributed by atoms with van der Waals surface area (Å²) < 4.78 is 1.54. The molecule has 70 valence electrons. The fourth-order valence-corrected chi connectivity index (χ4v) is 4.73. The Morgan fingerprint density at radius 3 is 2.69 bits per heavy atom. The minimum absolute atomic E-state index is 1.30. The van der Waals surface area contributed by atoms with E-state index < -0.39 is 0 Å². The summed E-state index contributed by atoms with van der Waals surface area (Å²) in [7, 11) is 0. The van der Waals surface area contributed by atoms with Gasteiger partial charge in [-0.1, -0.05) is 6.07 Å². The Labute approximate surface area is 91.8 Å². The van der Waals surface area contributed by atoms with E-state index in [1.807, 2.05) is 34.9 Å². The maximum atomic E-state index is 2.24. The summed E-state index contributed by atoms with van der Waals surface area (Å²) in [5.41, 5.74) is 1.48. The van der Waals surface area contributed by atoms with Gasteiger partial charge in [-0.15, -0.1) is 34.9 Å². The molecular formula is C10H12S3. The lowest BCUT2D eigenvalue weighted by molar-refractivity contribution is 1.12. The summed E-state index contributed by atoms with van der Waals surface area (Å²) in [5, 5.41) is 2.15. The minimum Gasteiger partial charge on any atom is -0.144 e. The summed E-state index contributed by atoms with van der Waals surface area (Å²) in [6.07, 6.45) is 1.36. The van der Waals surface area contributed by atoms with Gasteiger partial charge < -0.3 is 0 Å². The molecule has 1 aromatic heterocycles. The van der Waals surface area contributed by atoms with E-state index in [1.165, 1.54) is 32.6 Å². The molecule has 1 aliphatic heterocycles.